The molecular formula is C14H24N2O2S. The Morgan fingerprint density at radius 3 is 2.63 bits per heavy atom. The van der Waals surface area contributed by atoms with Gasteiger partial charge < -0.3 is 10.2 Å². The molecule has 0 aromatic rings. The molecule has 1 spiro atoms. The summed E-state index contributed by atoms with van der Waals surface area (Å²) in [5.74, 6) is 1.60. The number of carbonyl (C=O) groups is 2. The van der Waals surface area contributed by atoms with Gasteiger partial charge in [0.15, 0.2) is 0 Å². The third kappa shape index (κ3) is 2.76. The zero-order chi connectivity index (χ0) is 14.0. The molecule has 2 unspecified atom stereocenters. The molecule has 0 bridgehead atoms. The Hall–Kier alpha value is -0.710. The average molecular weight is 284 g/mol. The topological polar surface area (TPSA) is 49.4 Å². The van der Waals surface area contributed by atoms with Crippen LogP contribution < -0.4 is 5.32 Å². The zero-order valence-corrected chi connectivity index (χ0v) is 12.9. The van der Waals surface area contributed by atoms with E-state index in [9.17, 15) is 9.59 Å². The second-order valence-corrected chi connectivity index (χ2v) is 6.88. The third-order valence-corrected chi connectivity index (χ3v) is 5.20. The van der Waals surface area contributed by atoms with Gasteiger partial charge in [0.25, 0.3) is 0 Å². The van der Waals surface area contributed by atoms with Gasteiger partial charge in [0.05, 0.1) is 0 Å². The summed E-state index contributed by atoms with van der Waals surface area (Å²) in [6.45, 7) is 4.67. The molecule has 2 aliphatic rings. The molecule has 1 aliphatic heterocycles. The van der Waals surface area contributed by atoms with Gasteiger partial charge in [-0.2, -0.15) is 11.8 Å². The lowest BCUT2D eigenvalue weighted by atomic mass is 9.90. The summed E-state index contributed by atoms with van der Waals surface area (Å²) in [5, 5.41) is 2.99. The van der Waals surface area contributed by atoms with Crippen molar-refractivity contribution in [2.75, 3.05) is 18.6 Å². The van der Waals surface area contributed by atoms with Gasteiger partial charge in [-0.1, -0.05) is 19.8 Å². The van der Waals surface area contributed by atoms with E-state index in [1.807, 2.05) is 11.8 Å². The van der Waals surface area contributed by atoms with E-state index in [0.29, 0.717) is 12.5 Å². The molecule has 19 heavy (non-hydrogen) atoms. The minimum Gasteiger partial charge on any atom is -0.340 e. The molecule has 1 saturated heterocycles. The van der Waals surface area contributed by atoms with Gasteiger partial charge in [0.1, 0.15) is 11.6 Å². The van der Waals surface area contributed by atoms with Crippen molar-refractivity contribution in [3.63, 3.8) is 0 Å². The maximum absolute atomic E-state index is 12.7. The molecule has 2 atom stereocenters. The number of carbonyl (C=O) groups excluding carboxylic acids is 2. The van der Waals surface area contributed by atoms with Gasteiger partial charge in [-0.15, -0.1) is 0 Å². The van der Waals surface area contributed by atoms with Crippen LogP contribution in [0.5, 0.6) is 0 Å². The van der Waals surface area contributed by atoms with Gasteiger partial charge in [-0.3, -0.25) is 9.59 Å². The van der Waals surface area contributed by atoms with Gasteiger partial charge in [-0.05, 0) is 37.7 Å². The molecule has 108 valence electrons. The largest absolute Gasteiger partial charge is 0.340 e. The fourth-order valence-electron chi connectivity index (χ4n) is 3.22. The minimum absolute atomic E-state index is 0.0119. The van der Waals surface area contributed by atoms with E-state index in [1.165, 1.54) is 0 Å². The highest BCUT2D eigenvalue weighted by Crippen LogP contribution is 2.34. The molecule has 0 aromatic carbocycles. The molecule has 2 rings (SSSR count). The molecule has 1 heterocycles. The van der Waals surface area contributed by atoms with Crippen LogP contribution in [-0.2, 0) is 9.59 Å². The van der Waals surface area contributed by atoms with Crippen molar-refractivity contribution >= 4 is 23.6 Å². The highest BCUT2D eigenvalue weighted by Gasteiger charge is 2.50. The van der Waals surface area contributed by atoms with Crippen LogP contribution in [0, 0.1) is 5.92 Å². The number of hydrogen-bond donors (Lipinski definition) is 1. The van der Waals surface area contributed by atoms with Crippen LogP contribution in [0.2, 0.25) is 0 Å². The lowest BCUT2D eigenvalue weighted by Crippen LogP contribution is -2.69. The van der Waals surface area contributed by atoms with E-state index < -0.39 is 5.54 Å². The van der Waals surface area contributed by atoms with Gasteiger partial charge in [-0.25, -0.2) is 0 Å². The molecular weight excluding hydrogens is 260 g/mol. The molecule has 1 aliphatic carbocycles. The van der Waals surface area contributed by atoms with Crippen molar-refractivity contribution < 1.29 is 9.59 Å². The van der Waals surface area contributed by atoms with Crippen LogP contribution in [-0.4, -0.2) is 46.8 Å². The van der Waals surface area contributed by atoms with Crippen LogP contribution in [0.1, 0.15) is 39.5 Å². The summed E-state index contributed by atoms with van der Waals surface area (Å²) in [6, 6.07) is -0.331. The maximum Gasteiger partial charge on any atom is 0.249 e. The molecule has 0 radical (unpaired) electrons. The molecule has 4 nitrogen and oxygen atoms in total. The molecule has 1 N–H and O–H groups in total. The summed E-state index contributed by atoms with van der Waals surface area (Å²) in [7, 11) is 0. The Balaban J connectivity index is 2.14. The number of amides is 2. The average Bonchev–Trinajstić information content (AvgIpc) is 2.82. The van der Waals surface area contributed by atoms with E-state index in [-0.39, 0.29) is 17.9 Å². The first kappa shape index (κ1) is 14.7. The molecule has 5 heteroatoms. The van der Waals surface area contributed by atoms with Crippen LogP contribution >= 0.6 is 11.8 Å². The van der Waals surface area contributed by atoms with Crippen LogP contribution in [0.15, 0.2) is 0 Å². The van der Waals surface area contributed by atoms with Crippen molar-refractivity contribution in [2.24, 2.45) is 5.92 Å². The van der Waals surface area contributed by atoms with E-state index in [1.54, 1.807) is 11.8 Å². The lowest BCUT2D eigenvalue weighted by molar-refractivity contribution is -0.154. The zero-order valence-electron chi connectivity index (χ0n) is 12.1. The predicted molar refractivity (Wildman–Crippen MR) is 78.1 cm³/mol. The standard InChI is InChI=1S/C14H24N2O2S/c1-10(9-19-3)8-16-11(2)12(17)15-14(13(16)18)6-4-5-7-14/h10-11H,4-9H2,1-3H3,(H,15,17). The quantitative estimate of drug-likeness (QED) is 0.854. The summed E-state index contributed by atoms with van der Waals surface area (Å²) < 4.78 is 0. The smallest absolute Gasteiger partial charge is 0.249 e. The van der Waals surface area contributed by atoms with Gasteiger partial charge in [0.2, 0.25) is 11.8 Å². The van der Waals surface area contributed by atoms with Crippen LogP contribution in [0.25, 0.3) is 0 Å². The van der Waals surface area contributed by atoms with Gasteiger partial charge >= 0.3 is 0 Å². The number of hydrogen-bond acceptors (Lipinski definition) is 3. The molecule has 2 amide bonds. The highest BCUT2D eigenvalue weighted by molar-refractivity contribution is 7.98. The predicted octanol–water partition coefficient (Wildman–Crippen LogP) is 1.65. The summed E-state index contributed by atoms with van der Waals surface area (Å²) in [5.41, 5.74) is -0.581. The van der Waals surface area contributed by atoms with E-state index in [4.69, 9.17) is 0 Å². The number of nitrogens with one attached hydrogen (secondary N) is 1. The SMILES string of the molecule is CSCC(C)CN1C(=O)C2(CCCC2)NC(=O)C1C. The number of piperazine rings is 1. The first-order chi connectivity index (χ1) is 9.00. The van der Waals surface area contributed by atoms with Crippen molar-refractivity contribution in [1.82, 2.24) is 10.2 Å². The van der Waals surface area contributed by atoms with E-state index in [0.717, 1.165) is 31.4 Å². The second kappa shape index (κ2) is 5.73. The Morgan fingerprint density at radius 2 is 2.05 bits per heavy atom. The number of nitrogens with zero attached hydrogens (tertiary/aromatic N) is 1. The van der Waals surface area contributed by atoms with Gasteiger partial charge in [0, 0.05) is 6.54 Å². The maximum atomic E-state index is 12.7. The van der Waals surface area contributed by atoms with Crippen molar-refractivity contribution in [3.05, 3.63) is 0 Å². The molecule has 0 aromatic heterocycles. The van der Waals surface area contributed by atoms with Crippen molar-refractivity contribution in [2.45, 2.75) is 51.1 Å². The Kier molecular flexibility index (Phi) is 4.43. The summed E-state index contributed by atoms with van der Waals surface area (Å²) in [6.07, 6.45) is 5.75. The fourth-order valence-corrected chi connectivity index (χ4v) is 3.89. The van der Waals surface area contributed by atoms with Crippen molar-refractivity contribution in [3.8, 4) is 0 Å². The monoisotopic (exact) mass is 284 g/mol. The Morgan fingerprint density at radius 1 is 1.42 bits per heavy atom. The Bertz CT molecular complexity index is 366. The molecule has 2 fully saturated rings. The van der Waals surface area contributed by atoms with Crippen LogP contribution in [0.4, 0.5) is 0 Å². The number of rotatable bonds is 4. The second-order valence-electron chi connectivity index (χ2n) is 5.97. The highest BCUT2D eigenvalue weighted by atomic mass is 32.2. The summed E-state index contributed by atoms with van der Waals surface area (Å²) in [4.78, 5) is 26.7. The van der Waals surface area contributed by atoms with E-state index in [2.05, 4.69) is 18.5 Å². The fraction of sp³-hybridized carbons (Fsp3) is 0.857. The first-order valence-corrected chi connectivity index (χ1v) is 8.51. The summed E-state index contributed by atoms with van der Waals surface area (Å²) >= 11 is 1.79. The minimum atomic E-state index is -0.581. The third-order valence-electron chi connectivity index (χ3n) is 4.30. The van der Waals surface area contributed by atoms with E-state index >= 15 is 0 Å². The lowest BCUT2D eigenvalue weighted by Gasteiger charge is -2.44. The normalized spacial score (nSPS) is 27.7. The number of thioether (sulfide) groups is 1. The Labute approximate surface area is 119 Å². The first-order valence-electron chi connectivity index (χ1n) is 7.12. The van der Waals surface area contributed by atoms with Crippen molar-refractivity contribution in [1.29, 1.82) is 0 Å². The molecule has 1 saturated carbocycles. The van der Waals surface area contributed by atoms with Crippen LogP contribution in [0.3, 0.4) is 0 Å².